The maximum atomic E-state index is 15.3. The number of piperazine rings is 1. The number of carbonyl (C=O) groups excluding carboxylic acids is 2. The van der Waals surface area contributed by atoms with E-state index >= 15 is 4.39 Å². The highest BCUT2D eigenvalue weighted by Gasteiger charge is 2.49. The maximum absolute atomic E-state index is 15.3. The highest BCUT2D eigenvalue weighted by Crippen LogP contribution is 2.27. The molecule has 5 rings (SSSR count). The third-order valence-corrected chi connectivity index (χ3v) is 9.01. The first kappa shape index (κ1) is 27.1. The van der Waals surface area contributed by atoms with Gasteiger partial charge >= 0.3 is 0 Å². The number of rotatable bonds is 4. The minimum Gasteiger partial charge on any atom is -0.350 e. The SMILES string of the molecule is C[C@H]1CN(C(=O)C2CCN(C3C(F)CNCC3NC(=O)C3C(N)NN4CC(F)CNC34)CC2)CCN1C. The third kappa shape index (κ3) is 5.63. The van der Waals surface area contributed by atoms with E-state index in [1.807, 2.05) is 4.90 Å². The number of fused-ring (bicyclic) bond motifs is 1. The van der Waals surface area contributed by atoms with Crippen molar-refractivity contribution >= 4 is 11.8 Å². The zero-order chi connectivity index (χ0) is 26.3. The van der Waals surface area contributed by atoms with E-state index in [4.69, 9.17) is 5.73 Å². The minimum absolute atomic E-state index is 0.0371. The van der Waals surface area contributed by atoms with Crippen molar-refractivity contribution in [1.82, 2.24) is 41.1 Å². The van der Waals surface area contributed by atoms with E-state index in [0.29, 0.717) is 38.5 Å². The topological polar surface area (TPSA) is 121 Å². The first-order valence-corrected chi connectivity index (χ1v) is 13.8. The second kappa shape index (κ2) is 11.3. The molecular weight excluding hydrogens is 484 g/mol. The van der Waals surface area contributed by atoms with Gasteiger partial charge in [0.25, 0.3) is 0 Å². The van der Waals surface area contributed by atoms with Crippen LogP contribution in [0.1, 0.15) is 19.8 Å². The van der Waals surface area contributed by atoms with Gasteiger partial charge in [-0.3, -0.25) is 19.8 Å². The molecule has 0 bridgehead atoms. The van der Waals surface area contributed by atoms with Crippen molar-refractivity contribution in [3.8, 4) is 0 Å². The molecule has 7 unspecified atom stereocenters. The predicted molar refractivity (Wildman–Crippen MR) is 134 cm³/mol. The number of nitrogens with one attached hydrogen (secondary N) is 4. The summed E-state index contributed by atoms with van der Waals surface area (Å²) in [5.41, 5.74) is 9.20. The number of alkyl halides is 2. The zero-order valence-electron chi connectivity index (χ0n) is 21.9. The van der Waals surface area contributed by atoms with Crippen LogP contribution >= 0.6 is 0 Å². The molecule has 13 heteroatoms. The Hall–Kier alpha value is -1.48. The maximum Gasteiger partial charge on any atom is 0.229 e. The average molecular weight is 528 g/mol. The van der Waals surface area contributed by atoms with Crippen LogP contribution in [-0.2, 0) is 9.59 Å². The number of hydrogen-bond acceptors (Lipinski definition) is 9. The van der Waals surface area contributed by atoms with Gasteiger partial charge < -0.3 is 26.2 Å². The lowest BCUT2D eigenvalue weighted by Crippen LogP contribution is -2.67. The molecule has 0 aromatic rings. The Bertz CT molecular complexity index is 832. The van der Waals surface area contributed by atoms with Gasteiger partial charge in [0.15, 0.2) is 0 Å². The Morgan fingerprint density at radius 1 is 1.03 bits per heavy atom. The lowest BCUT2D eigenvalue weighted by atomic mass is 9.89. The Balaban J connectivity index is 1.18. The second-order valence-corrected chi connectivity index (χ2v) is 11.5. The van der Waals surface area contributed by atoms with Gasteiger partial charge in [0, 0.05) is 57.8 Å². The van der Waals surface area contributed by atoms with Crippen LogP contribution in [-0.4, -0.2) is 140 Å². The van der Waals surface area contributed by atoms with Gasteiger partial charge in [-0.05, 0) is 39.9 Å². The van der Waals surface area contributed by atoms with Crippen LogP contribution < -0.4 is 27.1 Å². The van der Waals surface area contributed by atoms with Crippen LogP contribution in [0.4, 0.5) is 8.78 Å². The summed E-state index contributed by atoms with van der Waals surface area (Å²) < 4.78 is 29.1. The summed E-state index contributed by atoms with van der Waals surface area (Å²) in [5.74, 6) is -0.709. The van der Waals surface area contributed by atoms with E-state index in [0.717, 1.165) is 19.6 Å². The fourth-order valence-corrected chi connectivity index (χ4v) is 6.70. The molecule has 5 saturated heterocycles. The molecular formula is C24H43F2N9O2. The van der Waals surface area contributed by atoms with Crippen LogP contribution in [0.3, 0.4) is 0 Å². The number of halogens is 2. The largest absolute Gasteiger partial charge is 0.350 e. The summed E-state index contributed by atoms with van der Waals surface area (Å²) in [6, 6.07) is -0.552. The molecule has 11 nitrogen and oxygen atoms in total. The van der Waals surface area contributed by atoms with Gasteiger partial charge in [-0.2, -0.15) is 0 Å². The number of likely N-dealkylation sites (tertiary alicyclic amines) is 1. The molecule has 0 spiro atoms. The van der Waals surface area contributed by atoms with E-state index in [1.54, 1.807) is 5.01 Å². The van der Waals surface area contributed by atoms with Gasteiger partial charge in [0.2, 0.25) is 11.8 Å². The molecule has 210 valence electrons. The van der Waals surface area contributed by atoms with Crippen molar-refractivity contribution in [2.45, 2.75) is 62.6 Å². The van der Waals surface area contributed by atoms with Crippen molar-refractivity contribution in [1.29, 1.82) is 0 Å². The van der Waals surface area contributed by atoms with Crippen LogP contribution in [0.2, 0.25) is 0 Å². The number of amides is 2. The van der Waals surface area contributed by atoms with Crippen LogP contribution in [0.15, 0.2) is 0 Å². The summed E-state index contributed by atoms with van der Waals surface area (Å²) in [5, 5.41) is 10.9. The number of carbonyl (C=O) groups is 2. The van der Waals surface area contributed by atoms with E-state index in [9.17, 15) is 14.0 Å². The van der Waals surface area contributed by atoms with E-state index in [1.165, 1.54) is 0 Å². The first-order valence-electron chi connectivity index (χ1n) is 13.8. The Morgan fingerprint density at radius 2 is 1.78 bits per heavy atom. The molecule has 5 aliphatic heterocycles. The van der Waals surface area contributed by atoms with Crippen LogP contribution in [0.25, 0.3) is 0 Å². The molecule has 5 aliphatic rings. The molecule has 0 aromatic heterocycles. The molecule has 0 saturated carbocycles. The number of likely N-dealkylation sites (N-methyl/N-ethyl adjacent to an activating group) is 1. The third-order valence-electron chi connectivity index (χ3n) is 9.01. The monoisotopic (exact) mass is 527 g/mol. The van der Waals surface area contributed by atoms with Crippen LogP contribution in [0, 0.1) is 11.8 Å². The first-order chi connectivity index (χ1) is 17.7. The minimum atomic E-state index is -1.14. The van der Waals surface area contributed by atoms with Gasteiger partial charge in [-0.25, -0.2) is 19.2 Å². The van der Waals surface area contributed by atoms with Gasteiger partial charge in [-0.1, -0.05) is 0 Å². The van der Waals surface area contributed by atoms with Gasteiger partial charge in [0.05, 0.1) is 30.3 Å². The summed E-state index contributed by atoms with van der Waals surface area (Å²) in [6.45, 7) is 6.80. The highest BCUT2D eigenvalue weighted by atomic mass is 19.1. The number of nitrogens with zero attached hydrogens (tertiary/aromatic N) is 4. The zero-order valence-corrected chi connectivity index (χ0v) is 21.9. The molecule has 0 aliphatic carbocycles. The number of hydrogen-bond donors (Lipinski definition) is 5. The van der Waals surface area contributed by atoms with E-state index in [2.05, 4.69) is 45.1 Å². The summed E-state index contributed by atoms with van der Waals surface area (Å²) >= 11 is 0. The molecule has 5 heterocycles. The number of nitrogens with two attached hydrogens (primary N) is 1. The number of piperidine rings is 2. The normalized spacial score (nSPS) is 40.9. The fourth-order valence-electron chi connectivity index (χ4n) is 6.70. The van der Waals surface area contributed by atoms with Crippen molar-refractivity contribution in [3.63, 3.8) is 0 Å². The average Bonchev–Trinajstić information content (AvgIpc) is 3.20. The van der Waals surface area contributed by atoms with E-state index < -0.39 is 42.7 Å². The second-order valence-electron chi connectivity index (χ2n) is 11.5. The molecule has 8 atom stereocenters. The van der Waals surface area contributed by atoms with Crippen LogP contribution in [0.5, 0.6) is 0 Å². The Morgan fingerprint density at radius 3 is 2.51 bits per heavy atom. The standard InChI is InChI=1S/C24H43F2N9O2/c1-14-12-34(8-7-32(14)2)24(37)15-3-5-33(6-4-15)20-17(26)10-28-11-18(20)30-23(36)19-21(27)31-35-13-16(25)9-29-22(19)35/h14-22,28-29,31H,3-13,27H2,1-2H3,(H,30,36)/t14-,16?,17?,18?,19?,20?,21?,22?/m0/s1. The Labute approximate surface area is 217 Å². The lowest BCUT2D eigenvalue weighted by molar-refractivity contribution is -0.140. The van der Waals surface area contributed by atoms with Gasteiger partial charge in [0.1, 0.15) is 12.3 Å². The van der Waals surface area contributed by atoms with Gasteiger partial charge in [-0.15, -0.1) is 0 Å². The van der Waals surface area contributed by atoms with Crippen molar-refractivity contribution in [2.75, 3.05) is 66.0 Å². The molecule has 0 radical (unpaired) electrons. The molecule has 5 fully saturated rings. The Kier molecular flexibility index (Phi) is 8.30. The lowest BCUT2D eigenvalue weighted by Gasteiger charge is -2.46. The predicted octanol–water partition coefficient (Wildman–Crippen LogP) is -2.36. The molecule has 6 N–H and O–H groups in total. The molecule has 0 aromatic carbocycles. The summed E-state index contributed by atoms with van der Waals surface area (Å²) in [6.07, 6.45) is -1.85. The fraction of sp³-hybridized carbons (Fsp3) is 0.917. The quantitative estimate of drug-likeness (QED) is 0.274. The molecule has 2 amide bonds. The smallest absolute Gasteiger partial charge is 0.229 e. The molecule has 37 heavy (non-hydrogen) atoms. The number of hydrazine groups is 1. The van der Waals surface area contributed by atoms with Crippen molar-refractivity contribution in [2.24, 2.45) is 17.6 Å². The van der Waals surface area contributed by atoms with E-state index in [-0.39, 0.29) is 37.4 Å². The highest BCUT2D eigenvalue weighted by molar-refractivity contribution is 5.81. The van der Waals surface area contributed by atoms with Crippen molar-refractivity contribution < 1.29 is 18.4 Å². The summed E-state index contributed by atoms with van der Waals surface area (Å²) in [4.78, 5) is 32.9. The summed E-state index contributed by atoms with van der Waals surface area (Å²) in [7, 11) is 2.09. The van der Waals surface area contributed by atoms with Crippen molar-refractivity contribution in [3.05, 3.63) is 0 Å².